The number of hydrogen-bond donors (Lipinski definition) is 3. The molecule has 4 N–H and O–H groups in total. The number of anilines is 1. The van der Waals surface area contributed by atoms with E-state index >= 15 is 0 Å². The van der Waals surface area contributed by atoms with Gasteiger partial charge in [-0.2, -0.15) is 0 Å². The number of amides is 1. The average Bonchev–Trinajstić information content (AvgIpc) is 3.03. The minimum atomic E-state index is -3.67. The monoisotopic (exact) mass is 389 g/mol. The van der Waals surface area contributed by atoms with Crippen LogP contribution in [0.1, 0.15) is 16.7 Å². The molecule has 2 aromatic rings. The lowest BCUT2D eigenvalue weighted by Gasteiger charge is -2.12. The lowest BCUT2D eigenvalue weighted by Crippen LogP contribution is -2.32. The smallest absolute Gasteiger partial charge is 0.265 e. The van der Waals surface area contributed by atoms with Crippen molar-refractivity contribution in [2.75, 3.05) is 18.4 Å². The van der Waals surface area contributed by atoms with Gasteiger partial charge in [0, 0.05) is 25.2 Å². The maximum Gasteiger partial charge on any atom is 0.265 e. The van der Waals surface area contributed by atoms with Gasteiger partial charge in [-0.05, 0) is 54.8 Å². The summed E-state index contributed by atoms with van der Waals surface area (Å²) in [4.78, 5) is 12.6. The van der Waals surface area contributed by atoms with Gasteiger partial charge in [0.05, 0.1) is 4.90 Å². The number of nitrogens with two attached hydrogens (primary N) is 1. The van der Waals surface area contributed by atoms with Gasteiger partial charge < -0.3 is 15.8 Å². The molecule has 0 fully saturated rings. The predicted octanol–water partition coefficient (Wildman–Crippen LogP) is 1.48. The molecule has 3 rings (SSSR count). The molecule has 1 aliphatic heterocycles. The Morgan fingerprint density at radius 2 is 1.96 bits per heavy atom. The largest absolute Gasteiger partial charge is 0.480 e. The fourth-order valence-corrected chi connectivity index (χ4v) is 3.99. The van der Waals surface area contributed by atoms with Crippen molar-refractivity contribution >= 4 is 21.6 Å². The summed E-state index contributed by atoms with van der Waals surface area (Å²) >= 11 is 0. The number of fused-ring (bicyclic) bond motifs is 1. The minimum Gasteiger partial charge on any atom is -0.480 e. The van der Waals surface area contributed by atoms with Crippen molar-refractivity contribution in [3.8, 4) is 5.75 Å². The number of rotatable bonds is 6. The number of benzene rings is 2. The zero-order valence-electron chi connectivity index (χ0n) is 15.3. The van der Waals surface area contributed by atoms with Crippen molar-refractivity contribution < 1.29 is 17.9 Å². The first kappa shape index (κ1) is 19.3. The van der Waals surface area contributed by atoms with Crippen molar-refractivity contribution in [1.82, 2.24) is 4.72 Å². The third-order valence-electron chi connectivity index (χ3n) is 4.49. The Morgan fingerprint density at radius 3 is 2.70 bits per heavy atom. The molecule has 1 unspecified atom stereocenters. The molecule has 0 saturated heterocycles. The highest BCUT2D eigenvalue weighted by Crippen LogP contribution is 2.32. The zero-order chi connectivity index (χ0) is 19.6. The van der Waals surface area contributed by atoms with Gasteiger partial charge in [-0.3, -0.25) is 4.79 Å². The second-order valence-electron chi connectivity index (χ2n) is 6.56. The first-order valence-electron chi connectivity index (χ1n) is 8.67. The molecule has 0 saturated carbocycles. The number of carbonyl (C=O) groups excluding carboxylic acids is 1. The van der Waals surface area contributed by atoms with Crippen molar-refractivity contribution in [2.45, 2.75) is 31.3 Å². The lowest BCUT2D eigenvalue weighted by molar-refractivity contribution is -0.122. The van der Waals surface area contributed by atoms with Gasteiger partial charge in [0.2, 0.25) is 10.0 Å². The second kappa shape index (κ2) is 7.67. The second-order valence-corrected chi connectivity index (χ2v) is 8.33. The summed E-state index contributed by atoms with van der Waals surface area (Å²) in [6, 6.07) is 10.1. The molecule has 0 aliphatic carbocycles. The van der Waals surface area contributed by atoms with Crippen LogP contribution in [0.2, 0.25) is 0 Å². The summed E-state index contributed by atoms with van der Waals surface area (Å²) in [6.07, 6.45) is -0.157. The van der Waals surface area contributed by atoms with E-state index in [9.17, 15) is 13.2 Å². The van der Waals surface area contributed by atoms with Gasteiger partial charge in [0.1, 0.15) is 5.75 Å². The van der Waals surface area contributed by atoms with E-state index in [0.29, 0.717) is 12.1 Å². The fraction of sp³-hybridized carbons (Fsp3) is 0.316. The van der Waals surface area contributed by atoms with Gasteiger partial charge >= 0.3 is 0 Å². The van der Waals surface area contributed by atoms with Crippen LogP contribution in [0.4, 0.5) is 5.69 Å². The van der Waals surface area contributed by atoms with Gasteiger partial charge in [0.15, 0.2) is 6.10 Å². The summed E-state index contributed by atoms with van der Waals surface area (Å²) < 4.78 is 32.6. The van der Waals surface area contributed by atoms with Crippen molar-refractivity contribution in [2.24, 2.45) is 5.73 Å². The summed E-state index contributed by atoms with van der Waals surface area (Å²) in [7, 11) is -3.67. The van der Waals surface area contributed by atoms with Crippen molar-refractivity contribution in [3.63, 3.8) is 0 Å². The van der Waals surface area contributed by atoms with Gasteiger partial charge in [-0.25, -0.2) is 13.1 Å². The van der Waals surface area contributed by atoms with Gasteiger partial charge in [-0.15, -0.1) is 0 Å². The quantitative estimate of drug-likeness (QED) is 0.693. The Balaban J connectivity index is 1.71. The molecular formula is C19H23N3O4S. The van der Waals surface area contributed by atoms with E-state index in [1.165, 1.54) is 12.1 Å². The minimum absolute atomic E-state index is 0.0654. The van der Waals surface area contributed by atoms with Crippen molar-refractivity contribution in [1.29, 1.82) is 0 Å². The molecule has 7 nitrogen and oxygen atoms in total. The van der Waals surface area contributed by atoms with Crippen LogP contribution in [0.5, 0.6) is 5.75 Å². The lowest BCUT2D eigenvalue weighted by atomic mass is 10.0. The molecule has 1 heterocycles. The highest BCUT2D eigenvalue weighted by atomic mass is 32.2. The normalized spacial score (nSPS) is 15.9. The van der Waals surface area contributed by atoms with Crippen LogP contribution in [0, 0.1) is 13.8 Å². The third kappa shape index (κ3) is 4.29. The molecule has 0 bridgehead atoms. The SMILES string of the molecule is Cc1cc2c(cc1C)OC(C(=O)Nc1cccc(S(=O)(=O)NCCN)c1)C2. The summed E-state index contributed by atoms with van der Waals surface area (Å²) in [5.41, 5.74) is 8.99. The number of aryl methyl sites for hydroxylation is 2. The molecule has 0 aromatic heterocycles. The maximum absolute atomic E-state index is 12.6. The van der Waals surface area contributed by atoms with Crippen LogP contribution < -0.4 is 20.5 Å². The first-order chi connectivity index (χ1) is 12.8. The Labute approximate surface area is 159 Å². The van der Waals surface area contributed by atoms with Crippen LogP contribution >= 0.6 is 0 Å². The van der Waals surface area contributed by atoms with Gasteiger partial charge in [-0.1, -0.05) is 12.1 Å². The van der Waals surface area contributed by atoms with E-state index in [1.807, 2.05) is 26.0 Å². The highest BCUT2D eigenvalue weighted by molar-refractivity contribution is 7.89. The van der Waals surface area contributed by atoms with E-state index < -0.39 is 16.1 Å². The number of ether oxygens (including phenoxy) is 1. The summed E-state index contributed by atoms with van der Waals surface area (Å²) in [6.45, 7) is 4.37. The third-order valence-corrected chi connectivity index (χ3v) is 5.95. The average molecular weight is 389 g/mol. The number of carbonyl (C=O) groups is 1. The topological polar surface area (TPSA) is 111 Å². The molecule has 1 aliphatic rings. The maximum atomic E-state index is 12.6. The molecule has 1 amide bonds. The summed E-state index contributed by atoms with van der Waals surface area (Å²) in [5, 5.41) is 2.74. The molecule has 8 heteroatoms. The number of nitrogens with one attached hydrogen (secondary N) is 2. The number of sulfonamides is 1. The molecule has 2 aromatic carbocycles. The van der Waals surface area contributed by atoms with Gasteiger partial charge in [0.25, 0.3) is 5.91 Å². The molecular weight excluding hydrogens is 366 g/mol. The van der Waals surface area contributed by atoms with E-state index in [4.69, 9.17) is 10.5 Å². The molecule has 0 spiro atoms. The number of hydrogen-bond acceptors (Lipinski definition) is 5. The van der Waals surface area contributed by atoms with Crippen LogP contribution in [0.25, 0.3) is 0 Å². The van der Waals surface area contributed by atoms with Crippen LogP contribution in [-0.2, 0) is 21.2 Å². The van der Waals surface area contributed by atoms with Crippen LogP contribution in [-0.4, -0.2) is 33.5 Å². The van der Waals surface area contributed by atoms with E-state index in [2.05, 4.69) is 10.0 Å². The molecule has 144 valence electrons. The standard InChI is InChI=1S/C19H23N3O4S/c1-12-8-14-10-18(26-17(14)9-13(12)2)19(23)22-15-4-3-5-16(11-15)27(24,25)21-7-6-20/h3-5,8-9,11,18,21H,6-7,10,20H2,1-2H3,(H,22,23). The molecule has 27 heavy (non-hydrogen) atoms. The van der Waals surface area contributed by atoms with E-state index in [0.717, 1.165) is 22.4 Å². The first-order valence-corrected chi connectivity index (χ1v) is 10.2. The van der Waals surface area contributed by atoms with E-state index in [-0.39, 0.29) is 23.9 Å². The van der Waals surface area contributed by atoms with E-state index in [1.54, 1.807) is 12.1 Å². The zero-order valence-corrected chi connectivity index (χ0v) is 16.1. The van der Waals surface area contributed by atoms with Crippen LogP contribution in [0.15, 0.2) is 41.3 Å². The van der Waals surface area contributed by atoms with Crippen molar-refractivity contribution in [3.05, 3.63) is 53.1 Å². The molecule has 0 radical (unpaired) electrons. The summed E-state index contributed by atoms with van der Waals surface area (Å²) in [5.74, 6) is 0.409. The molecule has 1 atom stereocenters. The Hall–Kier alpha value is -2.42. The van der Waals surface area contributed by atoms with Crippen LogP contribution in [0.3, 0.4) is 0 Å². The Bertz CT molecular complexity index is 942. The highest BCUT2D eigenvalue weighted by Gasteiger charge is 2.29. The Kier molecular flexibility index (Phi) is 5.50. The fourth-order valence-electron chi connectivity index (χ4n) is 2.90. The Morgan fingerprint density at radius 1 is 1.22 bits per heavy atom. The predicted molar refractivity (Wildman–Crippen MR) is 103 cm³/mol.